The van der Waals surface area contributed by atoms with Crippen molar-refractivity contribution in [3.8, 4) is 0 Å². The van der Waals surface area contributed by atoms with Crippen LogP contribution in [-0.4, -0.2) is 23.6 Å². The van der Waals surface area contributed by atoms with Gasteiger partial charge in [0, 0.05) is 11.5 Å². The molecule has 0 atom stereocenters. The molecule has 0 bridgehead atoms. The first-order valence-corrected chi connectivity index (χ1v) is 19.5. The lowest BCUT2D eigenvalue weighted by Crippen LogP contribution is -2.31. The van der Waals surface area contributed by atoms with Gasteiger partial charge < -0.3 is 10.5 Å². The van der Waals surface area contributed by atoms with E-state index >= 15 is 0 Å². The van der Waals surface area contributed by atoms with Crippen molar-refractivity contribution in [2.45, 2.75) is 155 Å². The summed E-state index contributed by atoms with van der Waals surface area (Å²) in [4.78, 5) is 12.9. The average Bonchev–Trinajstić information content (AvgIpc) is 3.00. The largest absolute Gasteiger partial charge is 0.458 e. The Morgan fingerprint density at radius 3 is 1.73 bits per heavy atom. The van der Waals surface area contributed by atoms with Crippen LogP contribution in [0.5, 0.6) is 0 Å². The molecule has 3 saturated carbocycles. The van der Waals surface area contributed by atoms with Crippen molar-refractivity contribution < 1.29 is 9.53 Å². The molecule has 0 aromatic carbocycles. The van der Waals surface area contributed by atoms with Crippen molar-refractivity contribution in [3.05, 3.63) is 9.93 Å². The van der Waals surface area contributed by atoms with Gasteiger partial charge in [-0.25, -0.2) is 4.79 Å². The van der Waals surface area contributed by atoms with Crippen molar-refractivity contribution >= 4 is 29.5 Å². The molecular weight excluding hydrogens is 531 g/mol. The first kappa shape index (κ1) is 32.6. The van der Waals surface area contributed by atoms with Gasteiger partial charge in [-0.1, -0.05) is 97.3 Å². The van der Waals surface area contributed by atoms with Gasteiger partial charge in [0.05, 0.1) is 4.24 Å². The summed E-state index contributed by atoms with van der Waals surface area (Å²) < 4.78 is 6.99. The van der Waals surface area contributed by atoms with E-state index < -0.39 is 0 Å². The van der Waals surface area contributed by atoms with Gasteiger partial charge >= 0.3 is 5.97 Å². The van der Waals surface area contributed by atoms with E-state index in [0.29, 0.717) is 5.70 Å². The normalized spacial score (nSPS) is 33.5. The molecule has 1 heterocycles. The first-order chi connectivity index (χ1) is 19.6. The second kappa shape index (κ2) is 17.7. The van der Waals surface area contributed by atoms with Gasteiger partial charge in [-0.2, -0.15) is 0 Å². The molecule has 0 aromatic heterocycles. The third kappa shape index (κ3) is 10.2. The number of hydrogen-bond acceptors (Lipinski definition) is 5. The molecule has 4 aliphatic rings. The summed E-state index contributed by atoms with van der Waals surface area (Å²) in [5, 5.41) is 0. The highest BCUT2D eigenvalue weighted by molar-refractivity contribution is 8.22. The van der Waals surface area contributed by atoms with Gasteiger partial charge in [-0.05, 0) is 86.9 Å². The molecule has 3 aliphatic carbocycles. The van der Waals surface area contributed by atoms with E-state index in [1.165, 1.54) is 122 Å². The van der Waals surface area contributed by atoms with Crippen LogP contribution < -0.4 is 5.73 Å². The molecule has 0 aromatic rings. The topological polar surface area (TPSA) is 52.3 Å². The number of esters is 1. The van der Waals surface area contributed by atoms with Crippen molar-refractivity contribution in [2.75, 3.05) is 11.5 Å². The van der Waals surface area contributed by atoms with Gasteiger partial charge in [0.2, 0.25) is 0 Å². The van der Waals surface area contributed by atoms with E-state index in [1.807, 2.05) is 23.5 Å². The average molecular weight is 592 g/mol. The van der Waals surface area contributed by atoms with Crippen LogP contribution in [0.2, 0.25) is 0 Å². The number of carbonyl (C=O) groups is 1. The van der Waals surface area contributed by atoms with E-state index in [1.54, 1.807) is 0 Å². The fourth-order valence-electron chi connectivity index (χ4n) is 8.38. The summed E-state index contributed by atoms with van der Waals surface area (Å²) in [6, 6.07) is 0. The lowest BCUT2D eigenvalue weighted by atomic mass is 9.70. The quantitative estimate of drug-likeness (QED) is 0.131. The smallest absolute Gasteiger partial charge is 0.356 e. The third-order valence-corrected chi connectivity index (χ3v) is 13.9. The van der Waals surface area contributed by atoms with Crippen LogP contribution in [0.3, 0.4) is 0 Å². The van der Waals surface area contributed by atoms with Gasteiger partial charge in [-0.3, -0.25) is 0 Å². The predicted octanol–water partition coefficient (Wildman–Crippen LogP) is 10.5. The van der Waals surface area contributed by atoms with Crippen molar-refractivity contribution in [1.29, 1.82) is 0 Å². The number of nitrogens with two attached hydrogens (primary N) is 1. The molecule has 4 fully saturated rings. The van der Waals surface area contributed by atoms with Crippen LogP contribution in [-0.2, 0) is 9.53 Å². The molecule has 4 rings (SSSR count). The Morgan fingerprint density at radius 2 is 1.15 bits per heavy atom. The maximum absolute atomic E-state index is 12.9. The molecule has 0 unspecified atom stereocenters. The molecular formula is C35H61NO2S2. The summed E-state index contributed by atoms with van der Waals surface area (Å²) in [5.74, 6) is 7.33. The number of carbonyl (C=O) groups excluding carboxylic acids is 1. The van der Waals surface area contributed by atoms with E-state index in [0.717, 1.165) is 64.1 Å². The minimum Gasteiger partial charge on any atom is -0.458 e. The second-order valence-electron chi connectivity index (χ2n) is 13.9. The molecule has 1 saturated heterocycles. The van der Waals surface area contributed by atoms with E-state index in [4.69, 9.17) is 10.5 Å². The molecule has 40 heavy (non-hydrogen) atoms. The monoisotopic (exact) mass is 591 g/mol. The van der Waals surface area contributed by atoms with E-state index in [-0.39, 0.29) is 12.1 Å². The fourth-order valence-corrected chi connectivity index (χ4v) is 11.3. The maximum atomic E-state index is 12.9. The van der Waals surface area contributed by atoms with Crippen LogP contribution >= 0.6 is 23.5 Å². The summed E-state index contributed by atoms with van der Waals surface area (Å²) in [5.41, 5.74) is 6.75. The molecule has 0 amide bonds. The third-order valence-electron chi connectivity index (χ3n) is 11.1. The molecule has 2 N–H and O–H groups in total. The summed E-state index contributed by atoms with van der Waals surface area (Å²) in [6.07, 6.45) is 28.7. The van der Waals surface area contributed by atoms with E-state index in [2.05, 4.69) is 13.8 Å². The Morgan fingerprint density at radius 1 is 0.650 bits per heavy atom. The second-order valence-corrected chi connectivity index (χ2v) is 16.3. The molecule has 1 aliphatic heterocycles. The van der Waals surface area contributed by atoms with Crippen molar-refractivity contribution in [3.63, 3.8) is 0 Å². The zero-order valence-corrected chi connectivity index (χ0v) is 27.6. The minimum absolute atomic E-state index is 0.0663. The number of ether oxygens (including phenoxy) is 1. The Kier molecular flexibility index (Phi) is 14.5. The number of thioether (sulfide) groups is 2. The Hall–Kier alpha value is -0.290. The maximum Gasteiger partial charge on any atom is 0.356 e. The van der Waals surface area contributed by atoms with Crippen molar-refractivity contribution in [2.24, 2.45) is 41.2 Å². The molecule has 230 valence electrons. The predicted molar refractivity (Wildman–Crippen MR) is 175 cm³/mol. The number of hydrogen-bond donors (Lipinski definition) is 1. The van der Waals surface area contributed by atoms with Crippen molar-refractivity contribution in [1.82, 2.24) is 0 Å². The highest BCUT2D eigenvalue weighted by atomic mass is 32.2. The molecule has 0 spiro atoms. The molecule has 5 heteroatoms. The zero-order chi connectivity index (χ0) is 28.2. The Balaban J connectivity index is 1.09. The van der Waals surface area contributed by atoms with Gasteiger partial charge in [0.1, 0.15) is 11.8 Å². The summed E-state index contributed by atoms with van der Waals surface area (Å²) in [7, 11) is 0. The highest BCUT2D eigenvalue weighted by Gasteiger charge is 2.34. The van der Waals surface area contributed by atoms with Crippen LogP contribution in [0.15, 0.2) is 9.93 Å². The molecule has 0 radical (unpaired) electrons. The summed E-state index contributed by atoms with van der Waals surface area (Å²) in [6.45, 7) is 4.62. The lowest BCUT2D eigenvalue weighted by Gasteiger charge is -2.38. The number of rotatable bonds is 13. The Bertz CT molecular complexity index is 751. The number of unbranched alkanes of at least 4 members (excludes halogenated alkanes) is 5. The van der Waals surface area contributed by atoms with Crippen LogP contribution in [0.4, 0.5) is 0 Å². The van der Waals surface area contributed by atoms with Crippen LogP contribution in [0.25, 0.3) is 0 Å². The van der Waals surface area contributed by atoms with Gasteiger partial charge in [0.15, 0.2) is 0 Å². The lowest BCUT2D eigenvalue weighted by molar-refractivity contribution is -0.146. The highest BCUT2D eigenvalue weighted by Crippen LogP contribution is 2.46. The minimum atomic E-state index is -0.257. The van der Waals surface area contributed by atoms with Crippen LogP contribution in [0.1, 0.15) is 149 Å². The SMILES string of the molecule is CCCCCCCCC1CCC(C2CCC(OC(=O)C(N)=C3SCC(C4CCC(CCC)CC4)CS3)CC2)CC1. The fraction of sp³-hybridized carbons (Fsp3) is 0.914. The zero-order valence-electron chi connectivity index (χ0n) is 26.0. The van der Waals surface area contributed by atoms with Gasteiger partial charge in [-0.15, -0.1) is 23.5 Å². The van der Waals surface area contributed by atoms with Gasteiger partial charge in [0.25, 0.3) is 0 Å². The molecule has 3 nitrogen and oxygen atoms in total. The van der Waals surface area contributed by atoms with E-state index in [9.17, 15) is 4.79 Å². The Labute approximate surface area is 255 Å². The van der Waals surface area contributed by atoms with Crippen LogP contribution in [0, 0.1) is 35.5 Å². The standard InChI is InChI=1S/C35H61NO2S2/c1-3-5-6-7-8-9-11-27-14-16-28(17-15-27)29-20-22-32(23-21-29)38-34(37)33(36)35-39-24-31(25-40-35)30-18-12-26(10-4-2)13-19-30/h26-32H,3-25,36H2,1-2H3. The summed E-state index contributed by atoms with van der Waals surface area (Å²) >= 11 is 3.64. The first-order valence-electron chi connectivity index (χ1n) is 17.5.